The number of rotatable bonds is 5. The molecule has 0 saturated carbocycles. The molecule has 0 atom stereocenters. The van der Waals surface area contributed by atoms with E-state index in [1.165, 1.54) is 6.92 Å². The number of halogens is 4. The molecule has 0 unspecified atom stereocenters. The smallest absolute Gasteiger partial charge is 0.466 e. The highest BCUT2D eigenvalue weighted by atomic mass is 19.4. The fourth-order valence-corrected chi connectivity index (χ4v) is 1.40. The van der Waals surface area contributed by atoms with Gasteiger partial charge in [0.05, 0.1) is 18.0 Å². The first kappa shape index (κ1) is 16.6. The van der Waals surface area contributed by atoms with Gasteiger partial charge in [0.25, 0.3) is 0 Å². The Labute approximate surface area is 114 Å². The van der Waals surface area contributed by atoms with Crippen LogP contribution in [0.2, 0.25) is 0 Å². The highest BCUT2D eigenvalue weighted by molar-refractivity contribution is 5.74. The van der Waals surface area contributed by atoms with E-state index in [1.54, 1.807) is 0 Å². The summed E-state index contributed by atoms with van der Waals surface area (Å²) in [6.45, 7) is 1.39. The van der Waals surface area contributed by atoms with Crippen LogP contribution in [0.4, 0.5) is 23.2 Å². The van der Waals surface area contributed by atoms with E-state index in [9.17, 15) is 32.5 Å². The number of pyridine rings is 1. The number of esters is 1. The molecule has 1 rings (SSSR count). The van der Waals surface area contributed by atoms with Crippen molar-refractivity contribution in [1.29, 1.82) is 0 Å². The summed E-state index contributed by atoms with van der Waals surface area (Å²) < 4.78 is 57.5. The van der Waals surface area contributed by atoms with Gasteiger partial charge in [0.15, 0.2) is 0 Å². The lowest BCUT2D eigenvalue weighted by Crippen LogP contribution is -2.19. The fraction of sp³-hybridized carbons (Fsp3) is 0.400. The molecule has 0 aliphatic heterocycles. The summed E-state index contributed by atoms with van der Waals surface area (Å²) in [4.78, 5) is 23.9. The van der Waals surface area contributed by atoms with Crippen LogP contribution in [0, 0.1) is 16.1 Å². The molecule has 0 spiro atoms. The van der Waals surface area contributed by atoms with Crippen molar-refractivity contribution in [3.63, 3.8) is 0 Å². The quantitative estimate of drug-likeness (QED) is 0.272. The summed E-state index contributed by atoms with van der Waals surface area (Å²) in [7, 11) is 0. The largest absolute Gasteiger partial charge is 0.573 e. The number of ether oxygens (including phenoxy) is 2. The molecule has 11 heteroatoms. The number of nitrogens with zero attached hydrogens (tertiary/aromatic N) is 2. The third kappa shape index (κ3) is 4.85. The first-order valence-electron chi connectivity index (χ1n) is 5.39. The van der Waals surface area contributed by atoms with Crippen molar-refractivity contribution in [2.24, 2.45) is 0 Å². The van der Waals surface area contributed by atoms with Crippen LogP contribution in [0.5, 0.6) is 5.75 Å². The number of nitro groups is 1. The second kappa shape index (κ2) is 6.33. The Kier molecular flexibility index (Phi) is 5.00. The summed E-state index contributed by atoms with van der Waals surface area (Å²) in [5.74, 6) is -3.85. The number of carbonyl (C=O) groups excluding carboxylic acids is 1. The van der Waals surface area contributed by atoms with Gasteiger partial charge >= 0.3 is 18.0 Å². The maximum absolute atomic E-state index is 13.1. The summed E-state index contributed by atoms with van der Waals surface area (Å²) in [6.07, 6.45) is -6.13. The summed E-state index contributed by atoms with van der Waals surface area (Å²) in [5.41, 5.74) is -2.07. The maximum Gasteiger partial charge on any atom is 0.573 e. The van der Waals surface area contributed by atoms with Crippen LogP contribution in [0.1, 0.15) is 12.6 Å². The average molecular weight is 312 g/mol. The predicted molar refractivity (Wildman–Crippen MR) is 57.9 cm³/mol. The van der Waals surface area contributed by atoms with E-state index in [2.05, 4.69) is 14.5 Å². The van der Waals surface area contributed by atoms with Crippen LogP contribution in [0.3, 0.4) is 0 Å². The highest BCUT2D eigenvalue weighted by Gasteiger charge is 2.37. The van der Waals surface area contributed by atoms with Gasteiger partial charge < -0.3 is 9.47 Å². The van der Waals surface area contributed by atoms with E-state index < -0.39 is 46.8 Å². The molecule has 21 heavy (non-hydrogen) atoms. The third-order valence-electron chi connectivity index (χ3n) is 2.02. The number of hydrogen-bond acceptors (Lipinski definition) is 6. The molecule has 1 aromatic rings. The van der Waals surface area contributed by atoms with Crippen molar-refractivity contribution < 1.29 is 36.8 Å². The van der Waals surface area contributed by atoms with Gasteiger partial charge in [-0.15, -0.1) is 13.2 Å². The number of hydrogen-bond donors (Lipinski definition) is 0. The summed E-state index contributed by atoms with van der Waals surface area (Å²) >= 11 is 0. The topological polar surface area (TPSA) is 91.6 Å². The number of aromatic nitrogens is 1. The highest BCUT2D eigenvalue weighted by Crippen LogP contribution is 2.34. The first-order chi connectivity index (χ1) is 9.64. The Hall–Kier alpha value is -2.46. The zero-order valence-corrected chi connectivity index (χ0v) is 10.4. The molecule has 0 amide bonds. The molecular formula is C10H8F4N2O5. The van der Waals surface area contributed by atoms with Gasteiger partial charge in [0.1, 0.15) is 5.69 Å². The zero-order chi connectivity index (χ0) is 16.2. The molecule has 116 valence electrons. The Bertz CT molecular complexity index is 561. The Morgan fingerprint density at radius 1 is 1.48 bits per heavy atom. The normalized spacial score (nSPS) is 11.1. The summed E-state index contributed by atoms with van der Waals surface area (Å²) in [5, 5.41) is 10.8. The third-order valence-corrected chi connectivity index (χ3v) is 2.02. The van der Waals surface area contributed by atoms with Gasteiger partial charge in [-0.1, -0.05) is 0 Å². The van der Waals surface area contributed by atoms with Crippen LogP contribution in [0.25, 0.3) is 0 Å². The van der Waals surface area contributed by atoms with Crippen LogP contribution >= 0.6 is 0 Å². The fourth-order valence-electron chi connectivity index (χ4n) is 1.40. The van der Waals surface area contributed by atoms with Gasteiger partial charge in [0, 0.05) is 6.07 Å². The molecule has 0 N–H and O–H groups in total. The number of carbonyl (C=O) groups is 1. The lowest BCUT2D eigenvalue weighted by atomic mass is 10.2. The van der Waals surface area contributed by atoms with E-state index >= 15 is 0 Å². The van der Waals surface area contributed by atoms with E-state index in [-0.39, 0.29) is 12.7 Å². The second-order valence-electron chi connectivity index (χ2n) is 3.53. The van der Waals surface area contributed by atoms with E-state index in [0.717, 1.165) is 0 Å². The van der Waals surface area contributed by atoms with Gasteiger partial charge in [-0.05, 0) is 6.92 Å². The van der Waals surface area contributed by atoms with Crippen LogP contribution < -0.4 is 4.74 Å². The van der Waals surface area contributed by atoms with Crippen LogP contribution in [-0.4, -0.2) is 28.8 Å². The van der Waals surface area contributed by atoms with Gasteiger partial charge in [-0.3, -0.25) is 14.9 Å². The second-order valence-corrected chi connectivity index (χ2v) is 3.53. The Balaban J connectivity index is 3.29. The van der Waals surface area contributed by atoms with Crippen molar-refractivity contribution in [2.75, 3.05) is 6.61 Å². The van der Waals surface area contributed by atoms with Crippen molar-refractivity contribution in [3.8, 4) is 5.75 Å². The maximum atomic E-state index is 13.1. The van der Waals surface area contributed by atoms with Crippen LogP contribution in [-0.2, 0) is 16.0 Å². The lowest BCUT2D eigenvalue weighted by Gasteiger charge is -2.11. The van der Waals surface area contributed by atoms with Crippen molar-refractivity contribution in [1.82, 2.24) is 4.98 Å². The standard InChI is InChI=1S/C10H8F4N2O5/c1-2-20-8(17)3-5-9(16(18)19)6(4-7(11)15-5)21-10(12,13)14/h4H,2-3H2,1H3. The average Bonchev–Trinajstić information content (AvgIpc) is 2.24. The van der Waals surface area contributed by atoms with E-state index in [1.807, 2.05) is 0 Å². The van der Waals surface area contributed by atoms with Crippen molar-refractivity contribution in [3.05, 3.63) is 27.8 Å². The molecule has 0 aromatic carbocycles. The lowest BCUT2D eigenvalue weighted by molar-refractivity contribution is -0.389. The Morgan fingerprint density at radius 3 is 2.57 bits per heavy atom. The molecule has 0 saturated heterocycles. The molecule has 7 nitrogen and oxygen atoms in total. The molecule has 0 radical (unpaired) electrons. The molecule has 0 bridgehead atoms. The van der Waals surface area contributed by atoms with Crippen molar-refractivity contribution >= 4 is 11.7 Å². The van der Waals surface area contributed by atoms with Crippen molar-refractivity contribution in [2.45, 2.75) is 19.7 Å². The molecule has 0 fully saturated rings. The van der Waals surface area contributed by atoms with E-state index in [0.29, 0.717) is 0 Å². The number of alkyl halides is 3. The first-order valence-corrected chi connectivity index (χ1v) is 5.39. The van der Waals surface area contributed by atoms with Gasteiger partial charge in [0.2, 0.25) is 11.7 Å². The molecule has 0 aliphatic rings. The minimum Gasteiger partial charge on any atom is -0.466 e. The monoisotopic (exact) mass is 312 g/mol. The van der Waals surface area contributed by atoms with Gasteiger partial charge in [-0.2, -0.15) is 4.39 Å². The predicted octanol–water partition coefficient (Wildman–Crippen LogP) is 2.13. The molecule has 1 aromatic heterocycles. The Morgan fingerprint density at radius 2 is 2.10 bits per heavy atom. The summed E-state index contributed by atoms with van der Waals surface area (Å²) in [6, 6.07) is 0.111. The molecular weight excluding hydrogens is 304 g/mol. The molecule has 1 heterocycles. The van der Waals surface area contributed by atoms with Gasteiger partial charge in [-0.25, -0.2) is 4.98 Å². The minimum atomic E-state index is -5.26. The zero-order valence-electron chi connectivity index (χ0n) is 10.4. The SMILES string of the molecule is CCOC(=O)Cc1nc(F)cc(OC(F)(F)F)c1[N+](=O)[O-]. The van der Waals surface area contributed by atoms with Crippen LogP contribution in [0.15, 0.2) is 6.07 Å². The van der Waals surface area contributed by atoms with E-state index in [4.69, 9.17) is 0 Å². The molecule has 0 aliphatic carbocycles. The minimum absolute atomic E-state index is 0.0617.